The molecule has 2 amide bonds. The van der Waals surface area contributed by atoms with E-state index in [0.717, 1.165) is 11.1 Å². The Morgan fingerprint density at radius 2 is 2.00 bits per heavy atom. The molecule has 4 heterocycles. The van der Waals surface area contributed by atoms with Gasteiger partial charge in [-0.05, 0) is 35.7 Å². The zero-order chi connectivity index (χ0) is 23.7. The molecule has 0 bridgehead atoms. The Morgan fingerprint density at radius 1 is 1.12 bits per heavy atom. The van der Waals surface area contributed by atoms with Gasteiger partial charge in [0.05, 0.1) is 31.1 Å². The van der Waals surface area contributed by atoms with Crippen LogP contribution in [0.4, 0.5) is 4.79 Å². The number of nitrogens with one attached hydrogen (secondary N) is 1. The molecule has 2 aromatic heterocycles. The molecule has 0 aliphatic carbocycles. The van der Waals surface area contributed by atoms with Gasteiger partial charge < -0.3 is 20.1 Å². The van der Waals surface area contributed by atoms with E-state index >= 15 is 0 Å². The molecule has 0 fully saturated rings. The van der Waals surface area contributed by atoms with E-state index in [2.05, 4.69) is 20.3 Å². The second-order valence-corrected chi connectivity index (χ2v) is 8.12. The Morgan fingerprint density at radius 3 is 2.79 bits per heavy atom. The first-order chi connectivity index (χ1) is 16.5. The minimum atomic E-state index is -0.983. The number of ether oxygens (including phenoxy) is 1. The van der Waals surface area contributed by atoms with Crippen molar-refractivity contribution in [2.24, 2.45) is 0 Å². The first kappa shape index (κ1) is 21.7. The molecule has 174 valence electrons. The molecule has 0 saturated heterocycles. The van der Waals surface area contributed by atoms with Crippen molar-refractivity contribution in [1.29, 1.82) is 0 Å². The molecule has 0 spiro atoms. The highest BCUT2D eigenvalue weighted by atomic mass is 16.5. The van der Waals surface area contributed by atoms with Gasteiger partial charge in [0.25, 0.3) is 11.5 Å². The van der Waals surface area contributed by atoms with E-state index in [9.17, 15) is 19.5 Å². The van der Waals surface area contributed by atoms with Gasteiger partial charge >= 0.3 is 6.09 Å². The number of carboxylic acid groups (broad SMARTS) is 1. The average Bonchev–Trinajstić information content (AvgIpc) is 3.06. The monoisotopic (exact) mass is 462 g/mol. The Bertz CT molecular complexity index is 1310. The third-order valence-corrected chi connectivity index (χ3v) is 5.99. The Labute approximate surface area is 194 Å². The number of rotatable bonds is 3. The van der Waals surface area contributed by atoms with E-state index in [1.165, 1.54) is 21.9 Å². The van der Waals surface area contributed by atoms with Crippen LogP contribution in [0.2, 0.25) is 0 Å². The van der Waals surface area contributed by atoms with Crippen LogP contribution in [0, 0.1) is 0 Å². The molecule has 34 heavy (non-hydrogen) atoms. The standard InChI is InChI=1S/C23H22N6O5/c30-20-10-18(17-3-5-24-13-25-17)26-21-19(12-34-8-7-29(20)21)27-22(31)15-2-1-14-4-6-28(23(32)33)11-16(14)9-15/h1-3,5,9-10,13,19H,4,6-8,11-12H2,(H,27,31)(H,32,33). The normalized spacial score (nSPS) is 17.3. The van der Waals surface area contributed by atoms with E-state index in [-0.39, 0.29) is 24.6 Å². The highest BCUT2D eigenvalue weighted by Crippen LogP contribution is 2.22. The van der Waals surface area contributed by atoms with Gasteiger partial charge in [0.15, 0.2) is 0 Å². The van der Waals surface area contributed by atoms with Crippen molar-refractivity contribution in [2.75, 3.05) is 19.8 Å². The molecule has 0 saturated carbocycles. The smallest absolute Gasteiger partial charge is 0.407 e. The van der Waals surface area contributed by atoms with Crippen molar-refractivity contribution in [2.45, 2.75) is 25.6 Å². The first-order valence-corrected chi connectivity index (χ1v) is 10.9. The first-order valence-electron chi connectivity index (χ1n) is 10.9. The quantitative estimate of drug-likeness (QED) is 0.593. The third-order valence-electron chi connectivity index (χ3n) is 5.99. The van der Waals surface area contributed by atoms with Crippen LogP contribution in [0.1, 0.15) is 33.4 Å². The average molecular weight is 462 g/mol. The number of nitrogens with zero attached hydrogens (tertiary/aromatic N) is 5. The summed E-state index contributed by atoms with van der Waals surface area (Å²) in [4.78, 5) is 51.3. The van der Waals surface area contributed by atoms with E-state index in [4.69, 9.17) is 4.74 Å². The predicted molar refractivity (Wildman–Crippen MR) is 119 cm³/mol. The van der Waals surface area contributed by atoms with Crippen LogP contribution in [0.5, 0.6) is 0 Å². The van der Waals surface area contributed by atoms with Crippen molar-refractivity contribution >= 4 is 12.0 Å². The summed E-state index contributed by atoms with van der Waals surface area (Å²) in [7, 11) is 0. The van der Waals surface area contributed by atoms with Crippen LogP contribution in [0.3, 0.4) is 0 Å². The fourth-order valence-electron chi connectivity index (χ4n) is 4.23. The molecule has 2 aliphatic rings. The van der Waals surface area contributed by atoms with Gasteiger partial charge in [-0.25, -0.2) is 19.7 Å². The van der Waals surface area contributed by atoms with Crippen LogP contribution in [0.25, 0.3) is 11.4 Å². The Kier molecular flexibility index (Phi) is 5.76. The largest absolute Gasteiger partial charge is 0.465 e. The molecule has 11 nitrogen and oxygen atoms in total. The third kappa shape index (κ3) is 4.25. The molecule has 2 aliphatic heterocycles. The van der Waals surface area contributed by atoms with Gasteiger partial charge in [-0.1, -0.05) is 6.07 Å². The van der Waals surface area contributed by atoms with E-state index in [1.807, 2.05) is 6.07 Å². The van der Waals surface area contributed by atoms with Gasteiger partial charge in [0.1, 0.15) is 18.2 Å². The molecule has 5 rings (SSSR count). The molecule has 1 unspecified atom stereocenters. The zero-order valence-corrected chi connectivity index (χ0v) is 18.2. The Hall–Kier alpha value is -4.12. The van der Waals surface area contributed by atoms with Gasteiger partial charge in [-0.15, -0.1) is 0 Å². The zero-order valence-electron chi connectivity index (χ0n) is 18.2. The number of amides is 2. The molecule has 2 N–H and O–H groups in total. The molecule has 1 atom stereocenters. The lowest BCUT2D eigenvalue weighted by molar-refractivity contribution is 0.0855. The summed E-state index contributed by atoms with van der Waals surface area (Å²) < 4.78 is 7.15. The molecular formula is C23H22N6O5. The molecular weight excluding hydrogens is 440 g/mol. The fraction of sp³-hybridized carbons (Fsp3) is 0.304. The van der Waals surface area contributed by atoms with Crippen molar-refractivity contribution in [1.82, 2.24) is 29.7 Å². The van der Waals surface area contributed by atoms with Crippen LogP contribution in [-0.4, -0.2) is 61.3 Å². The highest BCUT2D eigenvalue weighted by Gasteiger charge is 2.26. The second kappa shape index (κ2) is 9.02. The number of aromatic nitrogens is 4. The van der Waals surface area contributed by atoms with E-state index in [1.54, 1.807) is 24.4 Å². The summed E-state index contributed by atoms with van der Waals surface area (Å²) in [5, 5.41) is 12.2. The summed E-state index contributed by atoms with van der Waals surface area (Å²) in [6.07, 6.45) is 2.57. The van der Waals surface area contributed by atoms with Crippen LogP contribution in [-0.2, 0) is 24.2 Å². The summed E-state index contributed by atoms with van der Waals surface area (Å²) in [5.41, 5.74) is 2.87. The Balaban J connectivity index is 1.44. The number of hydrogen-bond donors (Lipinski definition) is 2. The summed E-state index contributed by atoms with van der Waals surface area (Å²) in [5.74, 6) is 0.0287. The number of carbonyl (C=O) groups is 2. The number of fused-ring (bicyclic) bond motifs is 2. The van der Waals surface area contributed by atoms with E-state index in [0.29, 0.717) is 48.9 Å². The lowest BCUT2D eigenvalue weighted by Crippen LogP contribution is -2.36. The molecule has 3 aromatic rings. The maximum absolute atomic E-state index is 13.1. The van der Waals surface area contributed by atoms with Crippen LogP contribution < -0.4 is 10.9 Å². The van der Waals surface area contributed by atoms with Crippen molar-refractivity contribution < 1.29 is 19.4 Å². The lowest BCUT2D eigenvalue weighted by atomic mass is 9.97. The number of carbonyl (C=O) groups excluding carboxylic acids is 1. The van der Waals surface area contributed by atoms with Crippen molar-refractivity contribution in [3.05, 3.63) is 75.7 Å². The maximum atomic E-state index is 13.1. The number of benzene rings is 1. The maximum Gasteiger partial charge on any atom is 0.407 e. The SMILES string of the molecule is O=C(NC1COCCn2c1nc(-c1ccncn1)cc2=O)c1ccc2c(c1)CN(C(=O)O)CC2. The van der Waals surface area contributed by atoms with Crippen molar-refractivity contribution in [3.8, 4) is 11.4 Å². The van der Waals surface area contributed by atoms with Crippen LogP contribution in [0.15, 0.2) is 47.7 Å². The van der Waals surface area contributed by atoms with Gasteiger partial charge in [0.2, 0.25) is 0 Å². The second-order valence-electron chi connectivity index (χ2n) is 8.12. The van der Waals surface area contributed by atoms with Crippen LogP contribution >= 0.6 is 0 Å². The highest BCUT2D eigenvalue weighted by molar-refractivity contribution is 5.94. The van der Waals surface area contributed by atoms with E-state index < -0.39 is 12.1 Å². The van der Waals surface area contributed by atoms with Gasteiger partial charge in [0, 0.05) is 30.9 Å². The predicted octanol–water partition coefficient (Wildman–Crippen LogP) is 1.24. The number of hydrogen-bond acceptors (Lipinski definition) is 7. The van der Waals surface area contributed by atoms with Gasteiger partial charge in [-0.2, -0.15) is 0 Å². The summed E-state index contributed by atoms with van der Waals surface area (Å²) >= 11 is 0. The molecule has 1 aromatic carbocycles. The molecule has 0 radical (unpaired) electrons. The lowest BCUT2D eigenvalue weighted by Gasteiger charge is -2.27. The summed E-state index contributed by atoms with van der Waals surface area (Å²) in [6.45, 7) is 1.46. The molecule has 11 heteroatoms. The fourth-order valence-corrected chi connectivity index (χ4v) is 4.23. The summed E-state index contributed by atoms with van der Waals surface area (Å²) in [6, 6.07) is 7.71. The van der Waals surface area contributed by atoms with Gasteiger partial charge in [-0.3, -0.25) is 14.2 Å². The van der Waals surface area contributed by atoms with Crippen molar-refractivity contribution in [3.63, 3.8) is 0 Å². The minimum absolute atomic E-state index is 0.156. The topological polar surface area (TPSA) is 140 Å². The minimum Gasteiger partial charge on any atom is -0.465 e.